The Bertz CT molecular complexity index is 101. The summed E-state index contributed by atoms with van der Waals surface area (Å²) >= 11 is 0. The van der Waals surface area contributed by atoms with Gasteiger partial charge in [0, 0.05) is 11.0 Å². The summed E-state index contributed by atoms with van der Waals surface area (Å²) in [4.78, 5) is 10.1. The molecule has 4 heteroatoms. The molecule has 0 aromatic carbocycles. The predicted molar refractivity (Wildman–Crippen MR) is 34.4 cm³/mol. The molecule has 0 spiro atoms. The van der Waals surface area contributed by atoms with Crippen LogP contribution >= 0.6 is 0 Å². The number of hydrogen-bond donors (Lipinski definition) is 2. The molecular formula is C5H9NO2Si. The molecule has 0 bridgehead atoms. The first kappa shape index (κ1) is 8.65. The summed E-state index contributed by atoms with van der Waals surface area (Å²) in [6.45, 7) is 0.858. The van der Waals surface area contributed by atoms with E-state index in [-0.39, 0.29) is 17.0 Å². The zero-order valence-corrected chi connectivity index (χ0v) is 6.05. The van der Waals surface area contributed by atoms with Crippen LogP contribution in [-0.4, -0.2) is 34.6 Å². The second kappa shape index (κ2) is 3.63. The zero-order chi connectivity index (χ0) is 5.98. The van der Waals surface area contributed by atoms with Crippen LogP contribution in [0.1, 0.15) is 12.8 Å². The van der Waals surface area contributed by atoms with Gasteiger partial charge >= 0.3 is 5.97 Å². The normalized spacial score (nSPS) is 25.1. The highest BCUT2D eigenvalue weighted by atomic mass is 28.1. The van der Waals surface area contributed by atoms with Crippen LogP contribution in [0.4, 0.5) is 0 Å². The Labute approximate surface area is 58.5 Å². The lowest BCUT2D eigenvalue weighted by molar-refractivity contribution is -0.139. The second-order valence-corrected chi connectivity index (χ2v) is 1.99. The fourth-order valence-electron chi connectivity index (χ4n) is 0.895. The first-order valence-electron chi connectivity index (χ1n) is 2.77. The van der Waals surface area contributed by atoms with Crippen molar-refractivity contribution in [1.29, 1.82) is 0 Å². The van der Waals surface area contributed by atoms with Crippen LogP contribution in [0.15, 0.2) is 0 Å². The minimum atomic E-state index is -0.720. The van der Waals surface area contributed by atoms with Crippen molar-refractivity contribution in [3.63, 3.8) is 0 Å². The van der Waals surface area contributed by atoms with Crippen LogP contribution < -0.4 is 5.32 Å². The molecule has 0 saturated carbocycles. The number of carbonyl (C=O) groups is 1. The fourth-order valence-corrected chi connectivity index (χ4v) is 0.895. The topological polar surface area (TPSA) is 49.3 Å². The maximum atomic E-state index is 10.1. The van der Waals surface area contributed by atoms with Gasteiger partial charge in [-0.2, -0.15) is 0 Å². The third-order valence-electron chi connectivity index (χ3n) is 1.36. The summed E-state index contributed by atoms with van der Waals surface area (Å²) in [7, 11) is 0. The fraction of sp³-hybridized carbons (Fsp3) is 0.800. The molecule has 2 N–H and O–H groups in total. The lowest BCUT2D eigenvalue weighted by atomic mass is 10.2. The first-order valence-corrected chi connectivity index (χ1v) is 2.77. The van der Waals surface area contributed by atoms with Gasteiger partial charge in [0.1, 0.15) is 6.04 Å². The van der Waals surface area contributed by atoms with Crippen LogP contribution in [0.2, 0.25) is 0 Å². The Kier molecular flexibility index (Phi) is 3.49. The van der Waals surface area contributed by atoms with Crippen molar-refractivity contribution in [2.24, 2.45) is 0 Å². The third-order valence-corrected chi connectivity index (χ3v) is 1.36. The SMILES string of the molecule is O=C(O)[C@@H]1CCCN1.[Si]. The Morgan fingerprint density at radius 1 is 1.67 bits per heavy atom. The van der Waals surface area contributed by atoms with Crippen LogP contribution in [0, 0.1) is 0 Å². The molecule has 0 aromatic rings. The average Bonchev–Trinajstić information content (AvgIpc) is 2.12. The van der Waals surface area contributed by atoms with Gasteiger partial charge in [0.25, 0.3) is 0 Å². The van der Waals surface area contributed by atoms with Crippen LogP contribution in [0.25, 0.3) is 0 Å². The summed E-state index contributed by atoms with van der Waals surface area (Å²) < 4.78 is 0. The first-order chi connectivity index (χ1) is 3.80. The van der Waals surface area contributed by atoms with E-state index in [0.29, 0.717) is 0 Å². The Morgan fingerprint density at radius 2 is 2.33 bits per heavy atom. The number of nitrogens with one attached hydrogen (secondary N) is 1. The van der Waals surface area contributed by atoms with Crippen molar-refractivity contribution in [3.8, 4) is 0 Å². The van der Waals surface area contributed by atoms with Crippen LogP contribution in [0.3, 0.4) is 0 Å². The minimum absolute atomic E-state index is 0. The van der Waals surface area contributed by atoms with Crippen molar-refractivity contribution in [3.05, 3.63) is 0 Å². The lowest BCUT2D eigenvalue weighted by Crippen LogP contribution is -2.29. The molecule has 0 aromatic heterocycles. The van der Waals surface area contributed by atoms with Gasteiger partial charge in [-0.05, 0) is 19.4 Å². The van der Waals surface area contributed by atoms with Crippen molar-refractivity contribution in [2.75, 3.05) is 6.54 Å². The maximum Gasteiger partial charge on any atom is 0.320 e. The highest BCUT2D eigenvalue weighted by Gasteiger charge is 2.20. The molecule has 4 radical (unpaired) electrons. The number of hydrogen-bond acceptors (Lipinski definition) is 2. The Balaban J connectivity index is 0.000000640. The van der Waals surface area contributed by atoms with E-state index in [9.17, 15) is 4.79 Å². The number of carboxylic acid groups (broad SMARTS) is 1. The average molecular weight is 143 g/mol. The van der Waals surface area contributed by atoms with Gasteiger partial charge in [-0.1, -0.05) is 0 Å². The molecule has 1 rings (SSSR count). The molecule has 50 valence electrons. The second-order valence-electron chi connectivity index (χ2n) is 1.99. The highest BCUT2D eigenvalue weighted by molar-refractivity contribution is 5.75. The summed E-state index contributed by atoms with van der Waals surface area (Å²) in [6, 6.07) is -0.269. The molecule has 1 aliphatic rings. The number of aliphatic carboxylic acids is 1. The van der Waals surface area contributed by atoms with Gasteiger partial charge in [-0.3, -0.25) is 4.79 Å². The lowest BCUT2D eigenvalue weighted by Gasteiger charge is -1.99. The largest absolute Gasteiger partial charge is 0.480 e. The van der Waals surface area contributed by atoms with E-state index in [0.717, 1.165) is 19.4 Å². The van der Waals surface area contributed by atoms with Gasteiger partial charge in [0.05, 0.1) is 0 Å². The molecule has 3 nitrogen and oxygen atoms in total. The third kappa shape index (κ3) is 2.15. The van der Waals surface area contributed by atoms with E-state index in [1.54, 1.807) is 0 Å². The van der Waals surface area contributed by atoms with Gasteiger partial charge in [0.15, 0.2) is 0 Å². The van der Waals surface area contributed by atoms with Gasteiger partial charge in [-0.25, -0.2) is 0 Å². The van der Waals surface area contributed by atoms with E-state index in [1.165, 1.54) is 0 Å². The van der Waals surface area contributed by atoms with E-state index in [4.69, 9.17) is 5.11 Å². The number of carboxylic acids is 1. The zero-order valence-electron chi connectivity index (χ0n) is 5.05. The van der Waals surface area contributed by atoms with Crippen molar-refractivity contribution < 1.29 is 9.90 Å². The maximum absolute atomic E-state index is 10.1. The predicted octanol–water partition coefficient (Wildman–Crippen LogP) is -0.558. The molecular weight excluding hydrogens is 134 g/mol. The van der Waals surface area contributed by atoms with Crippen molar-refractivity contribution in [1.82, 2.24) is 5.32 Å². The standard InChI is InChI=1S/C5H9NO2.Si/c7-5(8)4-2-1-3-6-4;/h4,6H,1-3H2,(H,7,8);/t4-;/m0./s1. The van der Waals surface area contributed by atoms with E-state index < -0.39 is 5.97 Å². The van der Waals surface area contributed by atoms with Crippen molar-refractivity contribution in [2.45, 2.75) is 18.9 Å². The summed E-state index contributed by atoms with van der Waals surface area (Å²) in [6.07, 6.45) is 1.78. The monoisotopic (exact) mass is 143 g/mol. The molecule has 0 aliphatic carbocycles. The number of rotatable bonds is 1. The molecule has 0 unspecified atom stereocenters. The van der Waals surface area contributed by atoms with Gasteiger partial charge in [0.2, 0.25) is 0 Å². The molecule has 1 atom stereocenters. The molecule has 1 saturated heterocycles. The molecule has 1 heterocycles. The summed E-state index contributed by atoms with van der Waals surface area (Å²) in [5.41, 5.74) is 0. The molecule has 0 amide bonds. The quantitative estimate of drug-likeness (QED) is 0.484. The van der Waals surface area contributed by atoms with Crippen LogP contribution in [-0.2, 0) is 4.79 Å². The van der Waals surface area contributed by atoms with E-state index in [1.807, 2.05) is 0 Å². The van der Waals surface area contributed by atoms with E-state index >= 15 is 0 Å². The van der Waals surface area contributed by atoms with Gasteiger partial charge < -0.3 is 10.4 Å². The highest BCUT2D eigenvalue weighted by Crippen LogP contribution is 2.03. The molecule has 1 aliphatic heterocycles. The molecule has 1 fully saturated rings. The summed E-state index contributed by atoms with van der Waals surface area (Å²) in [5.74, 6) is -0.720. The Morgan fingerprint density at radius 3 is 2.56 bits per heavy atom. The van der Waals surface area contributed by atoms with Crippen LogP contribution in [0.5, 0.6) is 0 Å². The van der Waals surface area contributed by atoms with E-state index in [2.05, 4.69) is 5.32 Å². The van der Waals surface area contributed by atoms with Crippen molar-refractivity contribution >= 4 is 16.9 Å². The Hall–Kier alpha value is -0.353. The summed E-state index contributed by atoms with van der Waals surface area (Å²) in [5, 5.41) is 11.2. The smallest absolute Gasteiger partial charge is 0.320 e. The minimum Gasteiger partial charge on any atom is -0.480 e. The van der Waals surface area contributed by atoms with Gasteiger partial charge in [-0.15, -0.1) is 0 Å². The molecule has 9 heavy (non-hydrogen) atoms.